The number of thiazole rings is 1. The van der Waals surface area contributed by atoms with E-state index in [1.807, 2.05) is 6.07 Å². The van der Waals surface area contributed by atoms with E-state index in [2.05, 4.69) is 36.3 Å². The van der Waals surface area contributed by atoms with Gasteiger partial charge in [-0.15, -0.1) is 0 Å². The summed E-state index contributed by atoms with van der Waals surface area (Å²) in [6.07, 6.45) is 2.03. The maximum atomic E-state index is 11.8. The first kappa shape index (κ1) is 11.7. The molecule has 1 amide bonds. The zero-order valence-electron chi connectivity index (χ0n) is 10.6. The fraction of sp³-hybridized carbons (Fsp3) is 0.429. The Morgan fingerprint density at radius 1 is 1.56 bits per heavy atom. The van der Waals surface area contributed by atoms with E-state index in [-0.39, 0.29) is 11.8 Å². The molecular weight excluding hydrogens is 244 g/mol. The predicted octanol–water partition coefficient (Wildman–Crippen LogP) is 3.45. The van der Waals surface area contributed by atoms with Crippen molar-refractivity contribution in [3.63, 3.8) is 0 Å². The van der Waals surface area contributed by atoms with Gasteiger partial charge in [-0.05, 0) is 36.5 Å². The Labute approximate surface area is 110 Å². The molecule has 1 saturated carbocycles. The van der Waals surface area contributed by atoms with Crippen LogP contribution in [0, 0.1) is 11.8 Å². The van der Waals surface area contributed by atoms with Crippen LogP contribution in [0.25, 0.3) is 10.2 Å². The van der Waals surface area contributed by atoms with Gasteiger partial charge in [0.1, 0.15) is 0 Å². The molecule has 0 radical (unpaired) electrons. The third-order valence-electron chi connectivity index (χ3n) is 3.54. The van der Waals surface area contributed by atoms with Gasteiger partial charge in [0.2, 0.25) is 5.91 Å². The van der Waals surface area contributed by atoms with Gasteiger partial charge in [-0.2, -0.15) is 0 Å². The highest BCUT2D eigenvalue weighted by atomic mass is 32.1. The zero-order valence-corrected chi connectivity index (χ0v) is 11.4. The van der Waals surface area contributed by atoms with Crippen molar-refractivity contribution in [3.05, 3.63) is 23.8 Å². The van der Waals surface area contributed by atoms with Crippen LogP contribution in [-0.4, -0.2) is 10.9 Å². The summed E-state index contributed by atoms with van der Waals surface area (Å²) in [5.41, 5.74) is 2.27. The minimum absolute atomic E-state index is 0.122. The van der Waals surface area contributed by atoms with E-state index < -0.39 is 0 Å². The van der Waals surface area contributed by atoms with Crippen molar-refractivity contribution >= 4 is 32.6 Å². The number of fused-ring (bicyclic) bond motifs is 1. The lowest BCUT2D eigenvalue weighted by Gasteiger charge is -1.97. The van der Waals surface area contributed by atoms with Crippen molar-refractivity contribution in [2.45, 2.75) is 26.7 Å². The smallest absolute Gasteiger partial charge is 0.229 e. The summed E-state index contributed by atoms with van der Waals surface area (Å²) >= 11 is 1.56. The number of benzene rings is 1. The molecular formula is C14H16N2OS. The van der Waals surface area contributed by atoms with Gasteiger partial charge in [-0.25, -0.2) is 4.98 Å². The molecule has 2 atom stereocenters. The Bertz CT molecular complexity index is 605. The fourth-order valence-corrected chi connectivity index (χ4v) is 3.06. The summed E-state index contributed by atoms with van der Waals surface area (Å²) in [6.45, 7) is 4.25. The number of hydrogen-bond acceptors (Lipinski definition) is 3. The van der Waals surface area contributed by atoms with E-state index in [4.69, 9.17) is 0 Å². The van der Waals surface area contributed by atoms with E-state index in [1.54, 1.807) is 11.3 Å². The molecule has 94 valence electrons. The van der Waals surface area contributed by atoms with Gasteiger partial charge in [-0.1, -0.05) is 31.3 Å². The maximum absolute atomic E-state index is 11.8. The number of nitrogens with one attached hydrogen (secondary N) is 1. The van der Waals surface area contributed by atoms with E-state index in [9.17, 15) is 4.79 Å². The van der Waals surface area contributed by atoms with Gasteiger partial charge < -0.3 is 5.32 Å². The topological polar surface area (TPSA) is 42.0 Å². The number of aryl methyl sites for hydroxylation is 1. The van der Waals surface area contributed by atoms with E-state index >= 15 is 0 Å². The molecule has 1 aliphatic carbocycles. The van der Waals surface area contributed by atoms with Crippen LogP contribution in [0.4, 0.5) is 5.13 Å². The first-order valence-electron chi connectivity index (χ1n) is 6.37. The molecule has 1 fully saturated rings. The minimum atomic E-state index is 0.122. The maximum Gasteiger partial charge on any atom is 0.229 e. The molecule has 3 rings (SSSR count). The monoisotopic (exact) mass is 260 g/mol. The molecule has 0 bridgehead atoms. The standard InChI is InChI=1S/C14H16N2OS/c1-3-9-4-5-11-12(7-9)18-14(15-11)16-13(17)10-6-8(10)2/h4-5,7-8,10H,3,6H2,1-2H3,(H,15,16,17)/t8-,10+/m1/s1. The molecule has 0 aliphatic heterocycles. The SMILES string of the molecule is CCc1ccc2nc(NC(=O)[C@H]3C[C@H]3C)sc2c1. The summed E-state index contributed by atoms with van der Waals surface area (Å²) in [4.78, 5) is 16.3. The average molecular weight is 260 g/mol. The predicted molar refractivity (Wildman–Crippen MR) is 74.9 cm³/mol. The first-order chi connectivity index (χ1) is 8.67. The molecule has 1 aromatic heterocycles. The Hall–Kier alpha value is -1.42. The second-order valence-corrected chi connectivity index (χ2v) is 6.01. The second kappa shape index (κ2) is 4.35. The minimum Gasteiger partial charge on any atom is -0.302 e. The van der Waals surface area contributed by atoms with Gasteiger partial charge in [0, 0.05) is 5.92 Å². The number of carbonyl (C=O) groups excluding carboxylic acids is 1. The number of nitrogens with zero attached hydrogens (tertiary/aromatic N) is 1. The van der Waals surface area contributed by atoms with E-state index in [0.29, 0.717) is 5.92 Å². The summed E-state index contributed by atoms with van der Waals surface area (Å²) in [5.74, 6) is 0.853. The number of anilines is 1. The Morgan fingerprint density at radius 3 is 3.00 bits per heavy atom. The molecule has 18 heavy (non-hydrogen) atoms. The number of rotatable bonds is 3. The number of carbonyl (C=O) groups is 1. The molecule has 1 aromatic carbocycles. The molecule has 3 nitrogen and oxygen atoms in total. The van der Waals surface area contributed by atoms with Crippen molar-refractivity contribution in [1.29, 1.82) is 0 Å². The van der Waals surface area contributed by atoms with Crippen LogP contribution >= 0.6 is 11.3 Å². The molecule has 2 aromatic rings. The molecule has 0 spiro atoms. The lowest BCUT2D eigenvalue weighted by Crippen LogP contribution is -2.14. The molecule has 1 aliphatic rings. The Balaban J connectivity index is 1.82. The Morgan fingerprint density at radius 2 is 2.33 bits per heavy atom. The van der Waals surface area contributed by atoms with Crippen molar-refractivity contribution in [2.24, 2.45) is 11.8 Å². The molecule has 0 saturated heterocycles. The van der Waals surface area contributed by atoms with Crippen LogP contribution in [0.1, 0.15) is 25.8 Å². The van der Waals surface area contributed by atoms with Gasteiger partial charge in [-0.3, -0.25) is 4.79 Å². The largest absolute Gasteiger partial charge is 0.302 e. The van der Waals surface area contributed by atoms with E-state index in [0.717, 1.165) is 28.2 Å². The zero-order chi connectivity index (χ0) is 12.7. The van der Waals surface area contributed by atoms with Crippen LogP contribution in [0.5, 0.6) is 0 Å². The van der Waals surface area contributed by atoms with Gasteiger partial charge in [0.05, 0.1) is 10.2 Å². The molecule has 1 heterocycles. The number of amides is 1. The van der Waals surface area contributed by atoms with Crippen LogP contribution in [0.15, 0.2) is 18.2 Å². The highest BCUT2D eigenvalue weighted by Gasteiger charge is 2.39. The first-order valence-corrected chi connectivity index (χ1v) is 7.19. The van der Waals surface area contributed by atoms with Crippen molar-refractivity contribution in [3.8, 4) is 0 Å². The van der Waals surface area contributed by atoms with Crippen molar-refractivity contribution in [2.75, 3.05) is 5.32 Å². The number of aromatic nitrogens is 1. The van der Waals surface area contributed by atoms with Gasteiger partial charge in [0.25, 0.3) is 0 Å². The van der Waals surface area contributed by atoms with Crippen molar-refractivity contribution < 1.29 is 4.79 Å². The molecule has 1 N–H and O–H groups in total. The summed E-state index contributed by atoms with van der Waals surface area (Å²) < 4.78 is 1.15. The normalized spacial score (nSPS) is 22.1. The van der Waals surface area contributed by atoms with Crippen LogP contribution in [0.2, 0.25) is 0 Å². The number of hydrogen-bond donors (Lipinski definition) is 1. The lowest BCUT2D eigenvalue weighted by molar-refractivity contribution is -0.117. The average Bonchev–Trinajstić information content (AvgIpc) is 2.96. The summed E-state index contributed by atoms with van der Waals surface area (Å²) in [7, 11) is 0. The lowest BCUT2D eigenvalue weighted by atomic mass is 10.2. The quantitative estimate of drug-likeness (QED) is 0.918. The molecule has 0 unspecified atom stereocenters. The van der Waals surface area contributed by atoms with Gasteiger partial charge in [0.15, 0.2) is 5.13 Å². The Kier molecular flexibility index (Phi) is 2.82. The highest BCUT2D eigenvalue weighted by molar-refractivity contribution is 7.22. The van der Waals surface area contributed by atoms with E-state index in [1.165, 1.54) is 5.56 Å². The third kappa shape index (κ3) is 2.12. The van der Waals surface area contributed by atoms with Crippen LogP contribution in [-0.2, 0) is 11.2 Å². The summed E-state index contributed by atoms with van der Waals surface area (Å²) in [5, 5.41) is 3.65. The van der Waals surface area contributed by atoms with Gasteiger partial charge >= 0.3 is 0 Å². The summed E-state index contributed by atoms with van der Waals surface area (Å²) in [6, 6.07) is 6.28. The fourth-order valence-electron chi connectivity index (χ4n) is 2.13. The highest BCUT2D eigenvalue weighted by Crippen LogP contribution is 2.39. The molecule has 4 heteroatoms. The van der Waals surface area contributed by atoms with Crippen molar-refractivity contribution in [1.82, 2.24) is 4.98 Å². The third-order valence-corrected chi connectivity index (χ3v) is 4.47. The second-order valence-electron chi connectivity index (χ2n) is 4.98. The van der Waals surface area contributed by atoms with Crippen LogP contribution < -0.4 is 5.32 Å². The van der Waals surface area contributed by atoms with Crippen LogP contribution in [0.3, 0.4) is 0 Å².